The summed E-state index contributed by atoms with van der Waals surface area (Å²) in [5.41, 5.74) is 1.75. The molecule has 0 amide bonds. The van der Waals surface area contributed by atoms with Crippen LogP contribution in [0.2, 0.25) is 5.02 Å². The predicted molar refractivity (Wildman–Crippen MR) is 84.0 cm³/mol. The van der Waals surface area contributed by atoms with Crippen LogP contribution in [0.4, 0.5) is 0 Å². The maximum absolute atomic E-state index is 5.89. The molecule has 1 aromatic carbocycles. The van der Waals surface area contributed by atoms with Crippen molar-refractivity contribution in [1.29, 1.82) is 0 Å². The number of hydrogen-bond acceptors (Lipinski definition) is 4. The third-order valence-corrected chi connectivity index (χ3v) is 3.95. The SMILES string of the molecule is Nn1nc(-c2ccc(Cl)cc2)cc1OCCN1CCCC1. The average molecular weight is 307 g/mol. The number of nitrogen functional groups attached to an aromatic ring is 1. The molecular formula is C15H19ClN4O. The summed E-state index contributed by atoms with van der Waals surface area (Å²) in [5.74, 6) is 6.43. The monoisotopic (exact) mass is 306 g/mol. The molecule has 2 heterocycles. The van der Waals surface area contributed by atoms with Gasteiger partial charge < -0.3 is 10.6 Å². The van der Waals surface area contributed by atoms with E-state index >= 15 is 0 Å². The van der Waals surface area contributed by atoms with Gasteiger partial charge in [-0.15, -0.1) is 9.89 Å². The van der Waals surface area contributed by atoms with Gasteiger partial charge in [-0.3, -0.25) is 4.90 Å². The van der Waals surface area contributed by atoms with Gasteiger partial charge in [0.15, 0.2) is 0 Å². The van der Waals surface area contributed by atoms with Crippen molar-refractivity contribution in [2.24, 2.45) is 0 Å². The number of likely N-dealkylation sites (tertiary alicyclic amines) is 1. The molecule has 0 atom stereocenters. The molecule has 6 heteroatoms. The predicted octanol–water partition coefficient (Wildman–Crippen LogP) is 2.39. The van der Waals surface area contributed by atoms with E-state index in [-0.39, 0.29) is 0 Å². The Hall–Kier alpha value is -1.72. The van der Waals surface area contributed by atoms with E-state index < -0.39 is 0 Å². The molecule has 2 N–H and O–H groups in total. The van der Waals surface area contributed by atoms with E-state index in [9.17, 15) is 0 Å². The van der Waals surface area contributed by atoms with Crippen LogP contribution in [0.15, 0.2) is 30.3 Å². The van der Waals surface area contributed by atoms with Gasteiger partial charge in [0.25, 0.3) is 0 Å². The average Bonchev–Trinajstić information content (AvgIpc) is 3.10. The number of halogens is 1. The van der Waals surface area contributed by atoms with Crippen LogP contribution in [0.25, 0.3) is 11.3 Å². The van der Waals surface area contributed by atoms with Gasteiger partial charge in [0.1, 0.15) is 6.61 Å². The summed E-state index contributed by atoms with van der Waals surface area (Å²) in [5, 5.41) is 4.98. The number of hydrogen-bond donors (Lipinski definition) is 1. The van der Waals surface area contributed by atoms with Crippen LogP contribution in [0.5, 0.6) is 5.88 Å². The van der Waals surface area contributed by atoms with Gasteiger partial charge in [-0.05, 0) is 38.1 Å². The van der Waals surface area contributed by atoms with E-state index in [1.165, 1.54) is 30.7 Å². The number of ether oxygens (including phenoxy) is 1. The Balaban J connectivity index is 1.62. The molecule has 2 aromatic rings. The Kier molecular flexibility index (Phi) is 4.31. The first-order valence-corrected chi connectivity index (χ1v) is 7.56. The summed E-state index contributed by atoms with van der Waals surface area (Å²) in [4.78, 5) is 3.69. The van der Waals surface area contributed by atoms with Crippen LogP contribution in [0.1, 0.15) is 12.8 Å². The second-order valence-corrected chi connectivity index (χ2v) is 5.65. The van der Waals surface area contributed by atoms with Gasteiger partial charge in [0.05, 0.1) is 5.69 Å². The minimum absolute atomic E-state index is 0.583. The molecule has 3 rings (SSSR count). The largest absolute Gasteiger partial charge is 0.475 e. The zero-order chi connectivity index (χ0) is 14.7. The van der Waals surface area contributed by atoms with Crippen molar-refractivity contribution < 1.29 is 4.74 Å². The van der Waals surface area contributed by atoms with Gasteiger partial charge in [-0.25, -0.2) is 0 Å². The Morgan fingerprint density at radius 3 is 2.62 bits per heavy atom. The van der Waals surface area contributed by atoms with Crippen LogP contribution >= 0.6 is 11.6 Å². The van der Waals surface area contributed by atoms with Gasteiger partial charge in [0, 0.05) is 23.2 Å². The molecule has 1 aliphatic rings. The topological polar surface area (TPSA) is 56.3 Å². The van der Waals surface area contributed by atoms with Crippen molar-refractivity contribution in [2.45, 2.75) is 12.8 Å². The van der Waals surface area contributed by atoms with Crippen molar-refractivity contribution in [3.05, 3.63) is 35.4 Å². The maximum Gasteiger partial charge on any atom is 0.232 e. The minimum atomic E-state index is 0.583. The van der Waals surface area contributed by atoms with Crippen LogP contribution in [0.3, 0.4) is 0 Å². The van der Waals surface area contributed by atoms with Gasteiger partial charge in [-0.2, -0.15) is 0 Å². The zero-order valence-electron chi connectivity index (χ0n) is 11.8. The molecule has 5 nitrogen and oxygen atoms in total. The second-order valence-electron chi connectivity index (χ2n) is 5.22. The fourth-order valence-corrected chi connectivity index (χ4v) is 2.66. The molecule has 0 unspecified atom stereocenters. The number of aromatic nitrogens is 2. The number of rotatable bonds is 5. The van der Waals surface area contributed by atoms with E-state index in [0.717, 1.165) is 17.8 Å². The lowest BCUT2D eigenvalue weighted by atomic mass is 10.2. The van der Waals surface area contributed by atoms with Crippen molar-refractivity contribution in [1.82, 2.24) is 14.8 Å². The van der Waals surface area contributed by atoms with Crippen LogP contribution in [0, 0.1) is 0 Å². The summed E-state index contributed by atoms with van der Waals surface area (Å²) in [6.45, 7) is 3.90. The van der Waals surface area contributed by atoms with Gasteiger partial charge >= 0.3 is 0 Å². The molecule has 0 radical (unpaired) electrons. The molecule has 21 heavy (non-hydrogen) atoms. The quantitative estimate of drug-likeness (QED) is 0.862. The first-order chi connectivity index (χ1) is 10.2. The van der Waals surface area contributed by atoms with E-state index in [0.29, 0.717) is 17.5 Å². The third-order valence-electron chi connectivity index (χ3n) is 3.70. The molecule has 0 spiro atoms. The number of benzene rings is 1. The van der Waals surface area contributed by atoms with Crippen LogP contribution in [-0.2, 0) is 0 Å². The first kappa shape index (κ1) is 14.2. The molecule has 0 aliphatic carbocycles. The molecule has 0 saturated carbocycles. The highest BCUT2D eigenvalue weighted by molar-refractivity contribution is 6.30. The fourth-order valence-electron chi connectivity index (χ4n) is 2.53. The van der Waals surface area contributed by atoms with Gasteiger partial charge in [-0.1, -0.05) is 23.7 Å². The van der Waals surface area contributed by atoms with Crippen molar-refractivity contribution >= 4 is 11.6 Å². The highest BCUT2D eigenvalue weighted by atomic mass is 35.5. The van der Waals surface area contributed by atoms with Crippen molar-refractivity contribution in [3.8, 4) is 17.1 Å². The van der Waals surface area contributed by atoms with Gasteiger partial charge in [0.2, 0.25) is 5.88 Å². The Bertz CT molecular complexity index is 590. The van der Waals surface area contributed by atoms with Crippen molar-refractivity contribution in [2.75, 3.05) is 32.1 Å². The first-order valence-electron chi connectivity index (χ1n) is 7.18. The van der Waals surface area contributed by atoms with Crippen LogP contribution < -0.4 is 10.6 Å². The van der Waals surface area contributed by atoms with E-state index in [1.54, 1.807) is 0 Å². The third kappa shape index (κ3) is 3.49. The Morgan fingerprint density at radius 1 is 1.19 bits per heavy atom. The summed E-state index contributed by atoms with van der Waals surface area (Å²) >= 11 is 5.89. The van der Waals surface area contributed by atoms with E-state index in [4.69, 9.17) is 22.2 Å². The fraction of sp³-hybridized carbons (Fsp3) is 0.400. The summed E-state index contributed by atoms with van der Waals surface area (Å²) in [7, 11) is 0. The van der Waals surface area contributed by atoms with Crippen LogP contribution in [-0.4, -0.2) is 41.0 Å². The lowest BCUT2D eigenvalue weighted by Gasteiger charge is -2.14. The number of nitrogens with two attached hydrogens (primary N) is 1. The lowest BCUT2D eigenvalue weighted by Crippen LogP contribution is -2.26. The smallest absolute Gasteiger partial charge is 0.232 e. The maximum atomic E-state index is 5.89. The van der Waals surface area contributed by atoms with E-state index in [2.05, 4.69) is 10.00 Å². The summed E-state index contributed by atoms with van der Waals surface area (Å²) < 4.78 is 5.73. The molecule has 0 bridgehead atoms. The highest BCUT2D eigenvalue weighted by Crippen LogP contribution is 2.23. The Morgan fingerprint density at radius 2 is 1.90 bits per heavy atom. The standard InChI is InChI=1S/C15H19ClN4O/c16-13-5-3-12(4-6-13)14-11-15(20(17)18-14)21-10-9-19-7-1-2-8-19/h3-6,11H,1-2,7-10,17H2. The Labute approximate surface area is 129 Å². The van der Waals surface area contributed by atoms with Crippen molar-refractivity contribution in [3.63, 3.8) is 0 Å². The number of nitrogens with zero attached hydrogens (tertiary/aromatic N) is 3. The molecule has 112 valence electrons. The summed E-state index contributed by atoms with van der Waals surface area (Å²) in [6, 6.07) is 9.35. The minimum Gasteiger partial charge on any atom is -0.475 e. The molecular weight excluding hydrogens is 288 g/mol. The molecule has 1 saturated heterocycles. The normalized spacial score (nSPS) is 15.5. The molecule has 1 aromatic heterocycles. The second kappa shape index (κ2) is 6.37. The lowest BCUT2D eigenvalue weighted by molar-refractivity contribution is 0.226. The molecule has 1 fully saturated rings. The van der Waals surface area contributed by atoms with E-state index in [1.807, 2.05) is 30.3 Å². The molecule has 1 aliphatic heterocycles. The highest BCUT2D eigenvalue weighted by Gasteiger charge is 2.12. The summed E-state index contributed by atoms with van der Waals surface area (Å²) in [6.07, 6.45) is 2.57. The zero-order valence-corrected chi connectivity index (χ0v) is 12.6.